The summed E-state index contributed by atoms with van der Waals surface area (Å²) in [6.07, 6.45) is 0. The van der Waals surface area contributed by atoms with Crippen LogP contribution in [-0.2, 0) is 0 Å². The zero-order valence-corrected chi connectivity index (χ0v) is 15.8. The lowest BCUT2D eigenvalue weighted by molar-refractivity contribution is 0.103. The molecule has 0 fully saturated rings. The Morgan fingerprint density at radius 2 is 1.39 bits per heavy atom. The Balaban J connectivity index is 1.93. The van der Waals surface area contributed by atoms with E-state index in [0.29, 0.717) is 11.1 Å². The Hall–Kier alpha value is -3.59. The molecule has 3 heteroatoms. The van der Waals surface area contributed by atoms with Gasteiger partial charge in [0.1, 0.15) is 11.5 Å². The van der Waals surface area contributed by atoms with Gasteiger partial charge in [0.15, 0.2) is 5.78 Å². The van der Waals surface area contributed by atoms with E-state index in [1.807, 2.05) is 60.7 Å². The van der Waals surface area contributed by atoms with Gasteiger partial charge in [-0.25, -0.2) is 0 Å². The van der Waals surface area contributed by atoms with E-state index in [1.54, 1.807) is 38.5 Å². The van der Waals surface area contributed by atoms with E-state index in [9.17, 15) is 4.79 Å². The van der Waals surface area contributed by atoms with Crippen molar-refractivity contribution >= 4 is 16.6 Å². The zero-order chi connectivity index (χ0) is 19.5. The SMILES string of the molecule is COc1ccc(C(=O)c2ccc3cc(OC)ccc3c2-c2ccccc2)cc1. The van der Waals surface area contributed by atoms with E-state index < -0.39 is 0 Å². The van der Waals surface area contributed by atoms with E-state index in [-0.39, 0.29) is 5.78 Å². The molecule has 0 atom stereocenters. The van der Waals surface area contributed by atoms with Gasteiger partial charge in [0, 0.05) is 16.7 Å². The number of ether oxygens (including phenoxy) is 2. The third kappa shape index (κ3) is 3.23. The lowest BCUT2D eigenvalue weighted by Crippen LogP contribution is -2.04. The molecule has 4 rings (SSSR count). The van der Waals surface area contributed by atoms with Gasteiger partial charge in [-0.05, 0) is 58.8 Å². The van der Waals surface area contributed by atoms with E-state index in [4.69, 9.17) is 9.47 Å². The maximum absolute atomic E-state index is 13.3. The van der Waals surface area contributed by atoms with Gasteiger partial charge in [-0.2, -0.15) is 0 Å². The molecule has 0 aliphatic carbocycles. The van der Waals surface area contributed by atoms with Crippen LogP contribution in [0.2, 0.25) is 0 Å². The van der Waals surface area contributed by atoms with Gasteiger partial charge in [0.25, 0.3) is 0 Å². The molecule has 4 aromatic carbocycles. The smallest absolute Gasteiger partial charge is 0.193 e. The monoisotopic (exact) mass is 368 g/mol. The molecule has 4 aromatic rings. The summed E-state index contributed by atoms with van der Waals surface area (Å²) in [5.41, 5.74) is 3.25. The highest BCUT2D eigenvalue weighted by Gasteiger charge is 2.18. The molecule has 0 aliphatic heterocycles. The quantitative estimate of drug-likeness (QED) is 0.421. The summed E-state index contributed by atoms with van der Waals surface area (Å²) in [4.78, 5) is 13.3. The minimum Gasteiger partial charge on any atom is -0.497 e. The summed E-state index contributed by atoms with van der Waals surface area (Å²) in [5, 5.41) is 2.05. The molecule has 0 aliphatic rings. The molecule has 0 heterocycles. The summed E-state index contributed by atoms with van der Waals surface area (Å²) in [6, 6.07) is 27.0. The minimum absolute atomic E-state index is 0.0146. The molecule has 28 heavy (non-hydrogen) atoms. The van der Waals surface area contributed by atoms with Gasteiger partial charge in [0.2, 0.25) is 0 Å². The summed E-state index contributed by atoms with van der Waals surface area (Å²) in [6.45, 7) is 0. The zero-order valence-electron chi connectivity index (χ0n) is 15.8. The number of ketones is 1. The van der Waals surface area contributed by atoms with Crippen molar-refractivity contribution in [2.24, 2.45) is 0 Å². The number of hydrogen-bond donors (Lipinski definition) is 0. The van der Waals surface area contributed by atoms with Crippen LogP contribution < -0.4 is 9.47 Å². The molecular weight excluding hydrogens is 348 g/mol. The van der Waals surface area contributed by atoms with Crippen molar-refractivity contribution in [1.82, 2.24) is 0 Å². The van der Waals surface area contributed by atoms with Crippen molar-refractivity contribution < 1.29 is 14.3 Å². The lowest BCUT2D eigenvalue weighted by Gasteiger charge is -2.14. The molecule has 0 saturated carbocycles. The van der Waals surface area contributed by atoms with Crippen LogP contribution in [-0.4, -0.2) is 20.0 Å². The number of fused-ring (bicyclic) bond motifs is 1. The molecule has 0 spiro atoms. The number of carbonyl (C=O) groups excluding carboxylic acids is 1. The van der Waals surface area contributed by atoms with Crippen molar-refractivity contribution in [3.8, 4) is 22.6 Å². The maximum atomic E-state index is 13.3. The first-order chi connectivity index (χ1) is 13.7. The van der Waals surface area contributed by atoms with Gasteiger partial charge >= 0.3 is 0 Å². The molecule has 3 nitrogen and oxygen atoms in total. The normalized spacial score (nSPS) is 10.6. The molecule has 0 bridgehead atoms. The van der Waals surface area contributed by atoms with E-state index in [1.165, 1.54) is 0 Å². The van der Waals surface area contributed by atoms with Crippen molar-refractivity contribution in [1.29, 1.82) is 0 Å². The first kappa shape index (κ1) is 17.8. The first-order valence-electron chi connectivity index (χ1n) is 9.06. The van der Waals surface area contributed by atoms with Crippen LogP contribution in [0.4, 0.5) is 0 Å². The molecule has 0 amide bonds. The third-order valence-electron chi connectivity index (χ3n) is 4.89. The lowest BCUT2D eigenvalue weighted by atomic mass is 9.89. The summed E-state index contributed by atoms with van der Waals surface area (Å²) < 4.78 is 10.6. The second-order valence-electron chi connectivity index (χ2n) is 6.50. The van der Waals surface area contributed by atoms with Crippen LogP contribution in [0.5, 0.6) is 11.5 Å². The van der Waals surface area contributed by atoms with Gasteiger partial charge in [-0.15, -0.1) is 0 Å². The fourth-order valence-electron chi connectivity index (χ4n) is 3.44. The van der Waals surface area contributed by atoms with E-state index >= 15 is 0 Å². The largest absolute Gasteiger partial charge is 0.497 e. The van der Waals surface area contributed by atoms with Gasteiger partial charge in [-0.3, -0.25) is 4.79 Å². The predicted molar refractivity (Wildman–Crippen MR) is 112 cm³/mol. The highest BCUT2D eigenvalue weighted by atomic mass is 16.5. The molecule has 0 radical (unpaired) electrons. The third-order valence-corrected chi connectivity index (χ3v) is 4.89. The van der Waals surface area contributed by atoms with Crippen molar-refractivity contribution in [3.05, 3.63) is 96.1 Å². The van der Waals surface area contributed by atoms with Crippen molar-refractivity contribution in [2.45, 2.75) is 0 Å². The summed E-state index contributed by atoms with van der Waals surface area (Å²) in [5.74, 6) is 1.51. The highest BCUT2D eigenvalue weighted by molar-refractivity contribution is 6.17. The van der Waals surface area contributed by atoms with Crippen LogP contribution in [0.15, 0.2) is 84.9 Å². The van der Waals surface area contributed by atoms with Crippen LogP contribution in [0.3, 0.4) is 0 Å². The van der Waals surface area contributed by atoms with Gasteiger partial charge in [-0.1, -0.05) is 42.5 Å². The van der Waals surface area contributed by atoms with Crippen LogP contribution in [0.25, 0.3) is 21.9 Å². The summed E-state index contributed by atoms with van der Waals surface area (Å²) >= 11 is 0. The number of carbonyl (C=O) groups is 1. The average molecular weight is 368 g/mol. The van der Waals surface area contributed by atoms with Gasteiger partial charge < -0.3 is 9.47 Å². The molecule has 0 saturated heterocycles. The Labute approximate surface area is 164 Å². The minimum atomic E-state index is -0.0146. The van der Waals surface area contributed by atoms with E-state index in [2.05, 4.69) is 0 Å². The maximum Gasteiger partial charge on any atom is 0.193 e. The second kappa shape index (κ2) is 7.57. The number of rotatable bonds is 5. The van der Waals surface area contributed by atoms with Crippen molar-refractivity contribution in [2.75, 3.05) is 14.2 Å². The van der Waals surface area contributed by atoms with Crippen LogP contribution >= 0.6 is 0 Å². The van der Waals surface area contributed by atoms with Crippen molar-refractivity contribution in [3.63, 3.8) is 0 Å². The fourth-order valence-corrected chi connectivity index (χ4v) is 3.44. The number of methoxy groups -OCH3 is 2. The Morgan fingerprint density at radius 3 is 2.07 bits per heavy atom. The van der Waals surface area contributed by atoms with E-state index in [0.717, 1.165) is 33.4 Å². The fraction of sp³-hybridized carbons (Fsp3) is 0.0800. The summed E-state index contributed by atoms with van der Waals surface area (Å²) in [7, 11) is 3.27. The molecule has 0 N–H and O–H groups in total. The number of benzene rings is 4. The van der Waals surface area contributed by atoms with Crippen LogP contribution in [0, 0.1) is 0 Å². The Bertz CT molecular complexity index is 1130. The molecule has 138 valence electrons. The average Bonchev–Trinajstić information content (AvgIpc) is 2.78. The predicted octanol–water partition coefficient (Wildman–Crippen LogP) is 5.76. The molecular formula is C25H20O3. The first-order valence-corrected chi connectivity index (χ1v) is 9.06. The van der Waals surface area contributed by atoms with Crippen LogP contribution in [0.1, 0.15) is 15.9 Å². The Morgan fingerprint density at radius 1 is 0.714 bits per heavy atom. The molecule has 0 aromatic heterocycles. The van der Waals surface area contributed by atoms with Gasteiger partial charge in [0.05, 0.1) is 14.2 Å². The Kier molecular flexibility index (Phi) is 4.81. The number of hydrogen-bond acceptors (Lipinski definition) is 3. The highest BCUT2D eigenvalue weighted by Crippen LogP contribution is 2.35. The second-order valence-corrected chi connectivity index (χ2v) is 6.50. The topological polar surface area (TPSA) is 35.5 Å². The standard InChI is InChI=1S/C25H20O3/c1-27-20-11-8-18(9-12-20)25(26)23-14-10-19-16-21(28-2)13-15-22(19)24(23)17-6-4-3-5-7-17/h3-16H,1-2H3. The molecule has 0 unspecified atom stereocenters.